The van der Waals surface area contributed by atoms with Crippen LogP contribution in [0, 0.1) is 11.6 Å². The molecule has 0 bridgehead atoms. The largest absolute Gasteiger partial charge is 0.490 e. The minimum absolute atomic E-state index is 0.0383. The van der Waals surface area contributed by atoms with Crippen LogP contribution in [0.2, 0.25) is 0 Å². The van der Waals surface area contributed by atoms with Crippen LogP contribution in [-0.4, -0.2) is 65.1 Å². The Labute approximate surface area is 258 Å². The third-order valence-electron chi connectivity index (χ3n) is 8.85. The molecule has 7 rings (SSSR count). The number of fused-ring (bicyclic) bond motifs is 3. The normalized spacial score (nSPS) is 18.9. The number of methoxy groups -OCH3 is 1. The summed E-state index contributed by atoms with van der Waals surface area (Å²) in [5.74, 6) is -4.54. The molecule has 3 aromatic heterocycles. The fourth-order valence-electron chi connectivity index (χ4n) is 6.91. The first kappa shape index (κ1) is 29.8. The first-order chi connectivity index (χ1) is 21.6. The molecule has 3 aliphatic rings. The highest BCUT2D eigenvalue weighted by atomic mass is 19.3. The Morgan fingerprint density at radius 2 is 1.87 bits per heavy atom. The van der Waals surface area contributed by atoms with E-state index in [2.05, 4.69) is 10.3 Å². The summed E-state index contributed by atoms with van der Waals surface area (Å²) >= 11 is 0. The van der Waals surface area contributed by atoms with E-state index in [1.54, 1.807) is 18.0 Å². The number of likely N-dealkylation sites (N-methyl/N-ethyl adjacent to an activating group) is 1. The van der Waals surface area contributed by atoms with E-state index < -0.39 is 24.1 Å². The number of hydrogen-bond donors (Lipinski definition) is 1. The van der Waals surface area contributed by atoms with Gasteiger partial charge in [-0.3, -0.25) is 14.6 Å². The molecular formula is C33H34F4N6O2. The highest BCUT2D eigenvalue weighted by Crippen LogP contribution is 2.47. The summed E-state index contributed by atoms with van der Waals surface area (Å²) < 4.78 is 73.2. The Balaban J connectivity index is 1.48. The highest BCUT2D eigenvalue weighted by Gasteiger charge is 2.41. The summed E-state index contributed by atoms with van der Waals surface area (Å²) in [5, 5.41) is 8.34. The van der Waals surface area contributed by atoms with Crippen molar-refractivity contribution in [1.82, 2.24) is 30.0 Å². The van der Waals surface area contributed by atoms with Crippen molar-refractivity contribution in [1.29, 1.82) is 0 Å². The van der Waals surface area contributed by atoms with Crippen molar-refractivity contribution in [3.8, 4) is 39.5 Å². The molecule has 8 nitrogen and oxygen atoms in total. The summed E-state index contributed by atoms with van der Waals surface area (Å²) in [6.07, 6.45) is 3.51. The van der Waals surface area contributed by atoms with Crippen LogP contribution in [0.1, 0.15) is 47.5 Å². The van der Waals surface area contributed by atoms with Crippen molar-refractivity contribution in [2.45, 2.75) is 51.2 Å². The highest BCUT2D eigenvalue weighted by molar-refractivity contribution is 5.89. The molecule has 0 amide bonds. The van der Waals surface area contributed by atoms with E-state index in [0.717, 1.165) is 35.9 Å². The van der Waals surface area contributed by atoms with Gasteiger partial charge >= 0.3 is 5.92 Å². The van der Waals surface area contributed by atoms with Gasteiger partial charge in [-0.15, -0.1) is 0 Å². The lowest BCUT2D eigenvalue weighted by atomic mass is 9.90. The summed E-state index contributed by atoms with van der Waals surface area (Å²) in [6, 6.07) is 5.77. The van der Waals surface area contributed by atoms with Gasteiger partial charge in [0.25, 0.3) is 0 Å². The Morgan fingerprint density at radius 1 is 1.04 bits per heavy atom. The lowest BCUT2D eigenvalue weighted by Crippen LogP contribution is -2.38. The van der Waals surface area contributed by atoms with Gasteiger partial charge in [-0.1, -0.05) is 0 Å². The van der Waals surface area contributed by atoms with Gasteiger partial charge in [0, 0.05) is 55.7 Å². The van der Waals surface area contributed by atoms with Crippen molar-refractivity contribution < 1.29 is 27.0 Å². The number of benzene rings is 1. The van der Waals surface area contributed by atoms with E-state index in [1.165, 1.54) is 19.4 Å². The Morgan fingerprint density at radius 3 is 2.67 bits per heavy atom. The molecule has 4 aromatic rings. The standard InChI is InChI=1S/C33H34F4N6O2/c1-18-26-14-25(41-43(26)8-7-38-18)31-28(29-24(35)12-21(34)13-27(29)45-10-9-44-3)22-5-4-6-23(22)30(40-31)19-11-20-16-42(2)17-33(36,37)32(20)39-15-19/h11-15,18,38H,4-10,16-17H2,1-3H3/t18-/m1/s1. The maximum atomic E-state index is 16.0. The SMILES string of the molecule is COCCOc1cc(F)cc(F)c1-c1c(-c2cc3n(n2)CCN[C@@H]3C)nc(-c2cnc3c(c2)CN(C)CC3(F)F)c2c1CCC2. The lowest BCUT2D eigenvalue weighted by Gasteiger charge is -2.31. The lowest BCUT2D eigenvalue weighted by molar-refractivity contribution is -0.0497. The van der Waals surface area contributed by atoms with Gasteiger partial charge in [-0.25, -0.2) is 13.8 Å². The average Bonchev–Trinajstić information content (AvgIpc) is 3.65. The van der Waals surface area contributed by atoms with Crippen molar-refractivity contribution in [2.75, 3.05) is 40.5 Å². The molecule has 0 radical (unpaired) electrons. The molecule has 5 heterocycles. The van der Waals surface area contributed by atoms with Crippen LogP contribution in [0.3, 0.4) is 0 Å². The number of rotatable bonds is 7. The number of halogens is 4. The quantitative estimate of drug-likeness (QED) is 0.210. The van der Waals surface area contributed by atoms with Gasteiger partial charge < -0.3 is 14.8 Å². The van der Waals surface area contributed by atoms with Crippen LogP contribution < -0.4 is 10.1 Å². The van der Waals surface area contributed by atoms with E-state index in [4.69, 9.17) is 19.6 Å². The molecular weight excluding hydrogens is 588 g/mol. The van der Waals surface area contributed by atoms with Gasteiger partial charge in [0.05, 0.1) is 42.3 Å². The number of nitrogens with zero attached hydrogens (tertiary/aromatic N) is 5. The molecule has 1 aromatic carbocycles. The smallest absolute Gasteiger partial charge is 0.302 e. The number of aromatic nitrogens is 4. The zero-order valence-corrected chi connectivity index (χ0v) is 25.4. The maximum absolute atomic E-state index is 16.0. The zero-order chi connectivity index (χ0) is 31.5. The van der Waals surface area contributed by atoms with Crippen LogP contribution in [0.4, 0.5) is 17.6 Å². The summed E-state index contributed by atoms with van der Waals surface area (Å²) in [7, 11) is 3.18. The molecule has 2 aliphatic heterocycles. The molecule has 0 fully saturated rings. The number of pyridine rings is 2. The van der Waals surface area contributed by atoms with Crippen LogP contribution >= 0.6 is 0 Å². The van der Waals surface area contributed by atoms with Crippen LogP contribution in [0.5, 0.6) is 5.75 Å². The van der Waals surface area contributed by atoms with Gasteiger partial charge in [0.15, 0.2) is 0 Å². The third-order valence-corrected chi connectivity index (χ3v) is 8.85. The molecule has 0 saturated carbocycles. The van der Waals surface area contributed by atoms with Gasteiger partial charge in [-0.2, -0.15) is 13.9 Å². The monoisotopic (exact) mass is 622 g/mol. The first-order valence-corrected chi connectivity index (χ1v) is 15.2. The van der Waals surface area contributed by atoms with E-state index in [9.17, 15) is 13.2 Å². The minimum Gasteiger partial charge on any atom is -0.490 e. The number of hydrogen-bond acceptors (Lipinski definition) is 7. The van der Waals surface area contributed by atoms with Crippen LogP contribution in [-0.2, 0) is 36.6 Å². The fourth-order valence-corrected chi connectivity index (χ4v) is 6.91. The predicted molar refractivity (Wildman–Crippen MR) is 160 cm³/mol. The number of alkyl halides is 2. The molecule has 0 unspecified atom stereocenters. The van der Waals surface area contributed by atoms with Gasteiger partial charge in [0.1, 0.15) is 35.4 Å². The molecule has 1 aliphatic carbocycles. The molecule has 45 heavy (non-hydrogen) atoms. The molecule has 0 saturated heterocycles. The van der Waals surface area contributed by atoms with Crippen molar-refractivity contribution in [2.24, 2.45) is 0 Å². The fraction of sp³-hybridized carbons (Fsp3) is 0.424. The number of nitrogens with one attached hydrogen (secondary N) is 1. The third kappa shape index (κ3) is 5.28. The second-order valence-electron chi connectivity index (χ2n) is 12.1. The van der Waals surface area contributed by atoms with Crippen molar-refractivity contribution in [3.05, 3.63) is 70.2 Å². The summed E-state index contributed by atoms with van der Waals surface area (Å²) in [5.41, 5.74) is 5.72. The van der Waals surface area contributed by atoms with Crippen LogP contribution in [0.25, 0.3) is 33.8 Å². The second kappa shape index (κ2) is 11.5. The van der Waals surface area contributed by atoms with E-state index >= 15 is 4.39 Å². The number of ether oxygens (including phenoxy) is 2. The maximum Gasteiger partial charge on any atom is 0.302 e. The topological polar surface area (TPSA) is 77.3 Å². The van der Waals surface area contributed by atoms with Gasteiger partial charge in [-0.05, 0) is 62.1 Å². The molecule has 236 valence electrons. The first-order valence-electron chi connectivity index (χ1n) is 15.2. The Hall–Kier alpha value is -3.87. The zero-order valence-electron chi connectivity index (χ0n) is 25.4. The second-order valence-corrected chi connectivity index (χ2v) is 12.1. The minimum atomic E-state index is -3.06. The Bertz CT molecular complexity index is 1790. The van der Waals surface area contributed by atoms with Crippen molar-refractivity contribution in [3.63, 3.8) is 0 Å². The summed E-state index contributed by atoms with van der Waals surface area (Å²) in [4.78, 5) is 11.0. The summed E-state index contributed by atoms with van der Waals surface area (Å²) in [6.45, 7) is 3.71. The van der Waals surface area contributed by atoms with Crippen molar-refractivity contribution >= 4 is 0 Å². The predicted octanol–water partition coefficient (Wildman–Crippen LogP) is 5.67. The van der Waals surface area contributed by atoms with E-state index in [-0.39, 0.29) is 36.3 Å². The molecule has 1 N–H and O–H groups in total. The van der Waals surface area contributed by atoms with E-state index in [0.29, 0.717) is 59.7 Å². The molecule has 0 spiro atoms. The van der Waals surface area contributed by atoms with Gasteiger partial charge in [0.2, 0.25) is 0 Å². The van der Waals surface area contributed by atoms with Crippen LogP contribution in [0.15, 0.2) is 30.5 Å². The molecule has 12 heteroatoms. The van der Waals surface area contributed by atoms with E-state index in [1.807, 2.05) is 17.7 Å². The average molecular weight is 623 g/mol. The Kier molecular flexibility index (Phi) is 7.61. The molecule has 1 atom stereocenters.